The van der Waals surface area contributed by atoms with Gasteiger partial charge in [-0.25, -0.2) is 5.10 Å². The Bertz CT molecular complexity index is 985. The van der Waals surface area contributed by atoms with E-state index in [4.69, 9.17) is 0 Å². The molecule has 130 valence electrons. The van der Waals surface area contributed by atoms with Crippen molar-refractivity contribution < 1.29 is 4.79 Å². The van der Waals surface area contributed by atoms with Gasteiger partial charge in [-0.3, -0.25) is 9.59 Å². The van der Waals surface area contributed by atoms with E-state index in [1.807, 2.05) is 6.20 Å². The van der Waals surface area contributed by atoms with Crippen LogP contribution in [0.3, 0.4) is 0 Å². The Hall–Kier alpha value is -2.89. The fraction of sp³-hybridized carbons (Fsp3) is 0.316. The Morgan fingerprint density at radius 3 is 2.80 bits per heavy atom. The molecule has 6 nitrogen and oxygen atoms in total. The van der Waals surface area contributed by atoms with Gasteiger partial charge in [0.25, 0.3) is 11.5 Å². The summed E-state index contributed by atoms with van der Waals surface area (Å²) >= 11 is 0. The summed E-state index contributed by atoms with van der Waals surface area (Å²) in [5, 5.41) is 10.3. The predicted molar refractivity (Wildman–Crippen MR) is 98.0 cm³/mol. The molecule has 0 aliphatic rings. The van der Waals surface area contributed by atoms with Crippen molar-refractivity contribution in [3.63, 3.8) is 0 Å². The van der Waals surface area contributed by atoms with Crippen LogP contribution in [0.15, 0.2) is 29.2 Å². The van der Waals surface area contributed by atoms with Crippen molar-refractivity contribution in [3.8, 4) is 0 Å². The second-order valence-corrected chi connectivity index (χ2v) is 6.15. The highest BCUT2D eigenvalue weighted by atomic mass is 16.2. The molecule has 25 heavy (non-hydrogen) atoms. The van der Waals surface area contributed by atoms with E-state index in [1.165, 1.54) is 10.9 Å². The molecular weight excluding hydrogens is 316 g/mol. The van der Waals surface area contributed by atoms with E-state index >= 15 is 0 Å². The second kappa shape index (κ2) is 6.93. The number of carbonyl (C=O) groups excluding carboxylic acids is 1. The number of carbonyl (C=O) groups is 1. The molecule has 3 N–H and O–H groups in total. The van der Waals surface area contributed by atoms with E-state index in [9.17, 15) is 9.59 Å². The van der Waals surface area contributed by atoms with Crippen LogP contribution in [-0.2, 0) is 12.8 Å². The van der Waals surface area contributed by atoms with Crippen molar-refractivity contribution in [1.29, 1.82) is 0 Å². The summed E-state index contributed by atoms with van der Waals surface area (Å²) in [6.07, 6.45) is 3.65. The first kappa shape index (κ1) is 17.0. The van der Waals surface area contributed by atoms with Crippen molar-refractivity contribution in [2.75, 3.05) is 6.54 Å². The van der Waals surface area contributed by atoms with Gasteiger partial charge in [-0.1, -0.05) is 25.1 Å². The van der Waals surface area contributed by atoms with Crippen molar-refractivity contribution in [2.45, 2.75) is 33.6 Å². The number of hydrogen-bond donors (Lipinski definition) is 3. The predicted octanol–water partition coefficient (Wildman–Crippen LogP) is 2.40. The van der Waals surface area contributed by atoms with Gasteiger partial charge in [-0.05, 0) is 43.4 Å². The topological polar surface area (TPSA) is 90.6 Å². The van der Waals surface area contributed by atoms with Gasteiger partial charge in [0.05, 0.1) is 5.69 Å². The summed E-state index contributed by atoms with van der Waals surface area (Å²) in [5.74, 6) is -0.363. The maximum atomic E-state index is 12.4. The molecule has 0 radical (unpaired) electrons. The highest BCUT2D eigenvalue weighted by Gasteiger charge is 2.16. The molecule has 1 aromatic carbocycles. The Morgan fingerprint density at radius 2 is 2.04 bits per heavy atom. The SMILES string of the molecule is CCc1cccc2c(CCNC(=O)c3c(C)c(C)n[nH]c3=O)c[nH]c12. The molecular formula is C19H22N4O2. The molecule has 0 bridgehead atoms. The summed E-state index contributed by atoms with van der Waals surface area (Å²) in [7, 11) is 0. The number of rotatable bonds is 5. The van der Waals surface area contributed by atoms with Gasteiger partial charge in [0.15, 0.2) is 0 Å². The minimum Gasteiger partial charge on any atom is -0.361 e. The first-order valence-corrected chi connectivity index (χ1v) is 8.44. The number of amides is 1. The van der Waals surface area contributed by atoms with Crippen molar-refractivity contribution in [3.05, 3.63) is 62.7 Å². The molecule has 0 unspecified atom stereocenters. The van der Waals surface area contributed by atoms with Crippen LogP contribution in [0.2, 0.25) is 0 Å². The highest BCUT2D eigenvalue weighted by molar-refractivity contribution is 5.95. The maximum Gasteiger partial charge on any atom is 0.277 e. The molecule has 3 rings (SSSR count). The lowest BCUT2D eigenvalue weighted by molar-refractivity contribution is 0.0951. The summed E-state index contributed by atoms with van der Waals surface area (Å²) < 4.78 is 0. The first-order valence-electron chi connectivity index (χ1n) is 8.44. The van der Waals surface area contributed by atoms with E-state index < -0.39 is 5.56 Å². The molecule has 0 atom stereocenters. The zero-order valence-electron chi connectivity index (χ0n) is 14.7. The van der Waals surface area contributed by atoms with E-state index in [2.05, 4.69) is 45.6 Å². The van der Waals surface area contributed by atoms with E-state index in [0.717, 1.165) is 17.5 Å². The lowest BCUT2D eigenvalue weighted by atomic mass is 10.1. The van der Waals surface area contributed by atoms with Crippen LogP contribution in [0.1, 0.15) is 39.7 Å². The molecule has 1 amide bonds. The Labute approximate surface area is 145 Å². The molecule has 2 aromatic heterocycles. The third-order valence-electron chi connectivity index (χ3n) is 4.65. The number of fused-ring (bicyclic) bond motifs is 1. The van der Waals surface area contributed by atoms with Gasteiger partial charge in [0.1, 0.15) is 5.56 Å². The van der Waals surface area contributed by atoms with Crippen molar-refractivity contribution in [2.24, 2.45) is 0 Å². The van der Waals surface area contributed by atoms with Crippen LogP contribution >= 0.6 is 0 Å². The highest BCUT2D eigenvalue weighted by Crippen LogP contribution is 2.22. The number of hydrogen-bond acceptors (Lipinski definition) is 3. The number of aromatic amines is 2. The van der Waals surface area contributed by atoms with Crippen molar-refractivity contribution in [1.82, 2.24) is 20.5 Å². The normalized spacial score (nSPS) is 11.0. The lowest BCUT2D eigenvalue weighted by Crippen LogP contribution is -2.33. The second-order valence-electron chi connectivity index (χ2n) is 6.15. The number of nitrogens with one attached hydrogen (secondary N) is 3. The average molecular weight is 338 g/mol. The van der Waals surface area contributed by atoms with Crippen LogP contribution in [0, 0.1) is 13.8 Å². The largest absolute Gasteiger partial charge is 0.361 e. The van der Waals surface area contributed by atoms with Crippen LogP contribution in [-0.4, -0.2) is 27.6 Å². The fourth-order valence-corrected chi connectivity index (χ4v) is 3.07. The molecule has 0 aliphatic carbocycles. The van der Waals surface area contributed by atoms with E-state index in [1.54, 1.807) is 13.8 Å². The molecule has 0 spiro atoms. The maximum absolute atomic E-state index is 12.4. The van der Waals surface area contributed by atoms with Crippen LogP contribution in [0.5, 0.6) is 0 Å². The molecule has 0 saturated carbocycles. The first-order chi connectivity index (χ1) is 12.0. The van der Waals surface area contributed by atoms with E-state index in [0.29, 0.717) is 24.2 Å². The Balaban J connectivity index is 1.73. The monoisotopic (exact) mass is 338 g/mol. The zero-order chi connectivity index (χ0) is 18.0. The number of para-hydroxylation sites is 1. The van der Waals surface area contributed by atoms with Crippen LogP contribution in [0.25, 0.3) is 10.9 Å². The summed E-state index contributed by atoms with van der Waals surface area (Å²) in [4.78, 5) is 27.6. The van der Waals surface area contributed by atoms with Crippen LogP contribution < -0.4 is 10.9 Å². The molecule has 3 aromatic rings. The summed E-state index contributed by atoms with van der Waals surface area (Å²) in [6.45, 7) is 6.09. The Kier molecular flexibility index (Phi) is 4.70. The van der Waals surface area contributed by atoms with Gasteiger partial charge in [0.2, 0.25) is 0 Å². The average Bonchev–Trinajstić information content (AvgIpc) is 3.02. The molecule has 0 aliphatic heterocycles. The number of benzene rings is 1. The molecule has 6 heteroatoms. The summed E-state index contributed by atoms with van der Waals surface area (Å²) in [5.41, 5.74) is 4.53. The quantitative estimate of drug-likeness (QED) is 0.667. The summed E-state index contributed by atoms with van der Waals surface area (Å²) in [6, 6.07) is 6.26. The third kappa shape index (κ3) is 3.20. The minimum atomic E-state index is -0.458. The zero-order valence-corrected chi connectivity index (χ0v) is 14.7. The van der Waals surface area contributed by atoms with Gasteiger partial charge < -0.3 is 10.3 Å². The van der Waals surface area contributed by atoms with Crippen molar-refractivity contribution >= 4 is 16.8 Å². The standard InChI is InChI=1S/C19H22N4O2/c1-4-13-6-5-7-15-14(10-21-17(13)15)8-9-20-18(24)16-11(2)12(3)22-23-19(16)25/h5-7,10,21H,4,8-9H2,1-3H3,(H,20,24)(H,23,25). The van der Waals surface area contributed by atoms with Gasteiger partial charge in [-0.2, -0.15) is 5.10 Å². The number of aryl methyl sites for hydroxylation is 2. The smallest absolute Gasteiger partial charge is 0.277 e. The third-order valence-corrected chi connectivity index (χ3v) is 4.65. The lowest BCUT2D eigenvalue weighted by Gasteiger charge is -2.08. The molecule has 2 heterocycles. The minimum absolute atomic E-state index is 0.139. The molecule has 0 saturated heterocycles. The Morgan fingerprint density at radius 1 is 1.24 bits per heavy atom. The number of H-pyrrole nitrogens is 2. The van der Waals surface area contributed by atoms with Gasteiger partial charge >= 0.3 is 0 Å². The number of aromatic nitrogens is 3. The molecule has 0 fully saturated rings. The van der Waals surface area contributed by atoms with Crippen LogP contribution in [0.4, 0.5) is 0 Å². The van der Waals surface area contributed by atoms with E-state index in [-0.39, 0.29) is 11.5 Å². The number of nitrogens with zero attached hydrogens (tertiary/aromatic N) is 1. The van der Waals surface area contributed by atoms with Gasteiger partial charge in [-0.15, -0.1) is 0 Å². The fourth-order valence-electron chi connectivity index (χ4n) is 3.07. The van der Waals surface area contributed by atoms with Gasteiger partial charge in [0, 0.05) is 23.6 Å².